The molecule has 4 unspecified atom stereocenters. The van der Waals surface area contributed by atoms with Crippen LogP contribution in [0.1, 0.15) is 20.3 Å². The zero-order valence-corrected chi connectivity index (χ0v) is 9.57. The first-order valence-corrected chi connectivity index (χ1v) is 5.91. The minimum absolute atomic E-state index is 0.0643. The maximum atomic E-state index is 11.3. The molecule has 0 saturated carbocycles. The summed E-state index contributed by atoms with van der Waals surface area (Å²) in [4.78, 5) is 13.7. The van der Waals surface area contributed by atoms with Crippen LogP contribution in [-0.4, -0.2) is 42.5 Å². The Morgan fingerprint density at radius 2 is 2.33 bits per heavy atom. The Morgan fingerprint density at radius 3 is 2.87 bits per heavy atom. The molecule has 2 saturated heterocycles. The van der Waals surface area contributed by atoms with Crippen molar-refractivity contribution in [2.24, 2.45) is 17.6 Å². The molecule has 3 N–H and O–H groups in total. The molecule has 2 heterocycles. The lowest BCUT2D eigenvalue weighted by Gasteiger charge is -2.30. The summed E-state index contributed by atoms with van der Waals surface area (Å²) in [5, 5.41) is 3.42. The highest BCUT2D eigenvalue weighted by Crippen LogP contribution is 2.33. The van der Waals surface area contributed by atoms with E-state index in [2.05, 4.69) is 17.1 Å². The lowest BCUT2D eigenvalue weighted by molar-refractivity contribution is -0.123. The van der Waals surface area contributed by atoms with Gasteiger partial charge in [0, 0.05) is 12.6 Å². The summed E-state index contributed by atoms with van der Waals surface area (Å²) in [7, 11) is 0. The van der Waals surface area contributed by atoms with Crippen LogP contribution < -0.4 is 11.1 Å². The van der Waals surface area contributed by atoms with Gasteiger partial charge in [0.15, 0.2) is 0 Å². The number of likely N-dealkylation sites (tertiary alicyclic amines) is 1. The number of nitrogens with zero attached hydrogens (tertiary/aromatic N) is 1. The Morgan fingerprint density at radius 1 is 1.60 bits per heavy atom. The van der Waals surface area contributed by atoms with Gasteiger partial charge in [-0.05, 0) is 38.3 Å². The standard InChI is InChI=1S/C11H21N3O/c1-3-10(11(12)15)14-6-8-4-13-5-9(8)7(14)2/h7-10,13H,3-6H2,1-2H3,(H2,12,15). The normalized spacial score (nSPS) is 37.9. The van der Waals surface area contributed by atoms with Gasteiger partial charge in [-0.1, -0.05) is 6.92 Å². The molecule has 15 heavy (non-hydrogen) atoms. The summed E-state index contributed by atoms with van der Waals surface area (Å²) in [6.45, 7) is 7.48. The van der Waals surface area contributed by atoms with E-state index in [1.807, 2.05) is 6.92 Å². The van der Waals surface area contributed by atoms with E-state index in [0.717, 1.165) is 26.1 Å². The fraction of sp³-hybridized carbons (Fsp3) is 0.909. The van der Waals surface area contributed by atoms with Crippen LogP contribution in [0.15, 0.2) is 0 Å². The van der Waals surface area contributed by atoms with Crippen LogP contribution in [0, 0.1) is 11.8 Å². The number of rotatable bonds is 3. The second-order valence-electron chi connectivity index (χ2n) is 4.85. The molecule has 0 aromatic carbocycles. The first-order chi connectivity index (χ1) is 7.15. The van der Waals surface area contributed by atoms with Gasteiger partial charge in [0.2, 0.25) is 5.91 Å². The predicted octanol–water partition coefficient (Wildman–Crippen LogP) is -0.210. The van der Waals surface area contributed by atoms with Gasteiger partial charge in [-0.25, -0.2) is 0 Å². The minimum atomic E-state index is -0.169. The van der Waals surface area contributed by atoms with Crippen molar-refractivity contribution in [1.82, 2.24) is 10.2 Å². The van der Waals surface area contributed by atoms with Gasteiger partial charge in [0.05, 0.1) is 6.04 Å². The summed E-state index contributed by atoms with van der Waals surface area (Å²) in [6, 6.07) is 0.424. The van der Waals surface area contributed by atoms with Crippen molar-refractivity contribution in [2.75, 3.05) is 19.6 Å². The Hall–Kier alpha value is -0.610. The van der Waals surface area contributed by atoms with Gasteiger partial charge in [-0.15, -0.1) is 0 Å². The lowest BCUT2D eigenvalue weighted by atomic mass is 9.95. The molecule has 0 radical (unpaired) electrons. The molecule has 2 fully saturated rings. The Labute approximate surface area is 91.2 Å². The second-order valence-corrected chi connectivity index (χ2v) is 4.85. The Kier molecular flexibility index (Phi) is 2.98. The summed E-state index contributed by atoms with van der Waals surface area (Å²) < 4.78 is 0. The van der Waals surface area contributed by atoms with E-state index in [0.29, 0.717) is 17.9 Å². The average Bonchev–Trinajstić information content (AvgIpc) is 2.72. The fourth-order valence-corrected chi connectivity index (χ4v) is 3.21. The third kappa shape index (κ3) is 1.76. The van der Waals surface area contributed by atoms with Gasteiger partial charge in [0.1, 0.15) is 0 Å². The first kappa shape index (κ1) is 10.9. The molecule has 0 aromatic rings. The highest BCUT2D eigenvalue weighted by atomic mass is 16.1. The van der Waals surface area contributed by atoms with Crippen molar-refractivity contribution >= 4 is 5.91 Å². The number of hydrogen-bond donors (Lipinski definition) is 2. The van der Waals surface area contributed by atoms with Crippen LogP contribution >= 0.6 is 0 Å². The van der Waals surface area contributed by atoms with Crippen molar-refractivity contribution in [2.45, 2.75) is 32.4 Å². The van der Waals surface area contributed by atoms with E-state index in [-0.39, 0.29) is 11.9 Å². The first-order valence-electron chi connectivity index (χ1n) is 5.91. The molecule has 86 valence electrons. The Balaban J connectivity index is 2.08. The average molecular weight is 211 g/mol. The molecular weight excluding hydrogens is 190 g/mol. The van der Waals surface area contributed by atoms with Crippen LogP contribution in [0.4, 0.5) is 0 Å². The van der Waals surface area contributed by atoms with Gasteiger partial charge < -0.3 is 11.1 Å². The summed E-state index contributed by atoms with van der Waals surface area (Å²) >= 11 is 0. The van der Waals surface area contributed by atoms with Gasteiger partial charge in [0.25, 0.3) is 0 Å². The van der Waals surface area contributed by atoms with E-state index in [1.165, 1.54) is 0 Å². The maximum Gasteiger partial charge on any atom is 0.234 e. The zero-order valence-electron chi connectivity index (χ0n) is 9.57. The van der Waals surface area contributed by atoms with E-state index >= 15 is 0 Å². The van der Waals surface area contributed by atoms with Crippen LogP contribution in [0.2, 0.25) is 0 Å². The van der Waals surface area contributed by atoms with Crippen LogP contribution in [-0.2, 0) is 4.79 Å². The van der Waals surface area contributed by atoms with E-state index in [9.17, 15) is 4.79 Å². The van der Waals surface area contributed by atoms with Crippen molar-refractivity contribution in [3.63, 3.8) is 0 Å². The predicted molar refractivity (Wildman–Crippen MR) is 59.3 cm³/mol. The summed E-state index contributed by atoms with van der Waals surface area (Å²) in [5.74, 6) is 1.25. The zero-order chi connectivity index (χ0) is 11.0. The van der Waals surface area contributed by atoms with Gasteiger partial charge >= 0.3 is 0 Å². The quantitative estimate of drug-likeness (QED) is 0.679. The third-order valence-corrected chi connectivity index (χ3v) is 4.10. The highest BCUT2D eigenvalue weighted by Gasteiger charge is 2.44. The number of fused-ring (bicyclic) bond motifs is 1. The number of nitrogens with one attached hydrogen (secondary N) is 1. The largest absolute Gasteiger partial charge is 0.368 e. The molecule has 2 aliphatic rings. The molecule has 4 heteroatoms. The molecule has 4 atom stereocenters. The Bertz CT molecular complexity index is 256. The molecule has 0 aromatic heterocycles. The van der Waals surface area contributed by atoms with Crippen LogP contribution in [0.5, 0.6) is 0 Å². The number of carbonyl (C=O) groups is 1. The topological polar surface area (TPSA) is 58.4 Å². The maximum absolute atomic E-state index is 11.3. The fourth-order valence-electron chi connectivity index (χ4n) is 3.21. The van der Waals surface area contributed by atoms with Crippen molar-refractivity contribution in [3.05, 3.63) is 0 Å². The number of primary amides is 1. The van der Waals surface area contributed by atoms with Crippen molar-refractivity contribution in [3.8, 4) is 0 Å². The van der Waals surface area contributed by atoms with Gasteiger partial charge in [-0.3, -0.25) is 9.69 Å². The van der Waals surface area contributed by atoms with Crippen molar-refractivity contribution in [1.29, 1.82) is 0 Å². The molecule has 2 rings (SSSR count). The molecule has 0 bridgehead atoms. The molecule has 0 aliphatic carbocycles. The third-order valence-electron chi connectivity index (χ3n) is 4.10. The molecule has 2 aliphatic heterocycles. The molecule has 1 amide bonds. The monoisotopic (exact) mass is 211 g/mol. The van der Waals surface area contributed by atoms with E-state index in [1.54, 1.807) is 0 Å². The SMILES string of the molecule is CCC(C(N)=O)N1CC2CNCC2C1C. The van der Waals surface area contributed by atoms with Crippen LogP contribution in [0.3, 0.4) is 0 Å². The van der Waals surface area contributed by atoms with Crippen molar-refractivity contribution < 1.29 is 4.79 Å². The highest BCUT2D eigenvalue weighted by molar-refractivity contribution is 5.79. The summed E-state index contributed by atoms with van der Waals surface area (Å²) in [6.07, 6.45) is 0.826. The van der Waals surface area contributed by atoms with Crippen LogP contribution in [0.25, 0.3) is 0 Å². The molecule has 0 spiro atoms. The minimum Gasteiger partial charge on any atom is -0.368 e. The smallest absolute Gasteiger partial charge is 0.234 e. The molecular formula is C11H21N3O. The summed E-state index contributed by atoms with van der Waals surface area (Å²) in [5.41, 5.74) is 5.44. The number of carbonyl (C=O) groups excluding carboxylic acids is 1. The second kappa shape index (κ2) is 4.10. The number of hydrogen-bond acceptors (Lipinski definition) is 3. The van der Waals surface area contributed by atoms with E-state index < -0.39 is 0 Å². The van der Waals surface area contributed by atoms with Gasteiger partial charge in [-0.2, -0.15) is 0 Å². The number of nitrogens with two attached hydrogens (primary N) is 1. The molecule has 4 nitrogen and oxygen atoms in total. The lowest BCUT2D eigenvalue weighted by Crippen LogP contribution is -2.47. The number of amides is 1. The van der Waals surface area contributed by atoms with E-state index in [4.69, 9.17) is 5.73 Å².